The number of amides is 1. The number of nitrogens with zero attached hydrogens (tertiary/aromatic N) is 1. The monoisotopic (exact) mass is 292 g/mol. The molecule has 0 bridgehead atoms. The first-order valence-electron chi connectivity index (χ1n) is 6.49. The molecule has 20 heavy (non-hydrogen) atoms. The Labute approximate surface area is 121 Å². The van der Waals surface area contributed by atoms with Crippen molar-refractivity contribution < 1.29 is 9.18 Å². The Morgan fingerprint density at radius 3 is 2.75 bits per heavy atom. The molecule has 0 aliphatic rings. The van der Waals surface area contributed by atoms with Crippen molar-refractivity contribution in [3.8, 4) is 0 Å². The number of rotatable bonds is 5. The van der Waals surface area contributed by atoms with E-state index < -0.39 is 0 Å². The first-order chi connectivity index (χ1) is 9.56. The van der Waals surface area contributed by atoms with Crippen molar-refractivity contribution >= 4 is 17.2 Å². The molecule has 5 heteroatoms. The molecule has 106 valence electrons. The molecule has 0 spiro atoms. The number of carbonyl (C=O) groups excluding carboxylic acids is 1. The van der Waals surface area contributed by atoms with Gasteiger partial charge in [-0.3, -0.25) is 4.79 Å². The zero-order valence-electron chi connectivity index (χ0n) is 11.6. The molecule has 1 heterocycles. The van der Waals surface area contributed by atoms with Crippen LogP contribution in [-0.2, 0) is 17.6 Å². The second-order valence-corrected chi connectivity index (χ2v) is 5.90. The maximum absolute atomic E-state index is 13.4. The average Bonchev–Trinajstić information content (AvgIpc) is 2.70. The number of aromatic nitrogens is 1. The number of hydrogen-bond acceptors (Lipinski definition) is 3. The van der Waals surface area contributed by atoms with E-state index in [0.29, 0.717) is 24.9 Å². The van der Waals surface area contributed by atoms with Crippen molar-refractivity contribution in [2.45, 2.75) is 26.7 Å². The van der Waals surface area contributed by atoms with Gasteiger partial charge in [-0.25, -0.2) is 9.37 Å². The molecule has 0 atom stereocenters. The number of benzene rings is 1. The highest BCUT2D eigenvalue weighted by Gasteiger charge is 2.10. The Morgan fingerprint density at radius 1 is 1.35 bits per heavy atom. The third-order valence-corrected chi connectivity index (χ3v) is 4.07. The zero-order valence-corrected chi connectivity index (χ0v) is 12.4. The van der Waals surface area contributed by atoms with Crippen LogP contribution < -0.4 is 5.32 Å². The van der Waals surface area contributed by atoms with Gasteiger partial charge in [0.2, 0.25) is 5.91 Å². The van der Waals surface area contributed by atoms with Gasteiger partial charge in [-0.1, -0.05) is 18.2 Å². The maximum atomic E-state index is 13.4. The zero-order chi connectivity index (χ0) is 14.5. The van der Waals surface area contributed by atoms with E-state index in [1.54, 1.807) is 29.5 Å². The number of halogens is 1. The molecular formula is C15H17FN2OS. The summed E-state index contributed by atoms with van der Waals surface area (Å²) >= 11 is 1.54. The maximum Gasteiger partial charge on any atom is 0.225 e. The summed E-state index contributed by atoms with van der Waals surface area (Å²) in [4.78, 5) is 17.1. The van der Waals surface area contributed by atoms with Crippen LogP contribution >= 0.6 is 11.3 Å². The van der Waals surface area contributed by atoms with E-state index >= 15 is 0 Å². The van der Waals surface area contributed by atoms with E-state index in [2.05, 4.69) is 10.3 Å². The molecular weight excluding hydrogens is 275 g/mol. The Hall–Kier alpha value is -1.75. The van der Waals surface area contributed by atoms with Gasteiger partial charge in [0.25, 0.3) is 0 Å². The predicted octanol–water partition coefficient (Wildman–Crippen LogP) is 2.80. The van der Waals surface area contributed by atoms with Crippen LogP contribution in [0.1, 0.15) is 21.1 Å². The van der Waals surface area contributed by atoms with Crippen molar-refractivity contribution in [1.82, 2.24) is 10.3 Å². The molecule has 0 aliphatic carbocycles. The molecule has 2 rings (SSSR count). The van der Waals surface area contributed by atoms with Crippen LogP contribution in [0.3, 0.4) is 0 Å². The van der Waals surface area contributed by atoms with Gasteiger partial charge in [-0.2, -0.15) is 0 Å². The minimum Gasteiger partial charge on any atom is -0.355 e. The summed E-state index contributed by atoms with van der Waals surface area (Å²) in [5.41, 5.74) is 1.54. The summed E-state index contributed by atoms with van der Waals surface area (Å²) in [5.74, 6) is -0.274. The minimum absolute atomic E-state index is 0.0481. The standard InChI is InChI=1S/C15H17FN2OS/c1-10-14(20-11(2)18-10)9-15(19)17-8-7-12-5-3-4-6-13(12)16/h3-6H,7-9H2,1-2H3,(H,17,19). The van der Waals surface area contributed by atoms with Gasteiger partial charge < -0.3 is 5.32 Å². The van der Waals surface area contributed by atoms with Gasteiger partial charge in [0.05, 0.1) is 17.1 Å². The number of thiazole rings is 1. The lowest BCUT2D eigenvalue weighted by Gasteiger charge is -2.05. The van der Waals surface area contributed by atoms with Gasteiger partial charge in [-0.05, 0) is 31.9 Å². The second kappa shape index (κ2) is 6.61. The lowest BCUT2D eigenvalue weighted by molar-refractivity contribution is -0.120. The average molecular weight is 292 g/mol. The molecule has 0 unspecified atom stereocenters. The topological polar surface area (TPSA) is 42.0 Å². The predicted molar refractivity (Wildman–Crippen MR) is 78.4 cm³/mol. The van der Waals surface area contributed by atoms with E-state index in [1.807, 2.05) is 13.8 Å². The minimum atomic E-state index is -0.226. The van der Waals surface area contributed by atoms with Crippen molar-refractivity contribution in [1.29, 1.82) is 0 Å². The highest BCUT2D eigenvalue weighted by molar-refractivity contribution is 7.11. The largest absolute Gasteiger partial charge is 0.355 e. The van der Waals surface area contributed by atoms with Crippen molar-refractivity contribution in [3.05, 3.63) is 51.2 Å². The first-order valence-corrected chi connectivity index (χ1v) is 7.31. The molecule has 3 nitrogen and oxygen atoms in total. The number of aryl methyl sites for hydroxylation is 2. The molecule has 0 saturated heterocycles. The number of hydrogen-bond donors (Lipinski definition) is 1. The number of nitrogens with one attached hydrogen (secondary N) is 1. The third-order valence-electron chi connectivity index (χ3n) is 3.00. The first kappa shape index (κ1) is 14.7. The smallest absolute Gasteiger partial charge is 0.225 e. The van der Waals surface area contributed by atoms with Crippen molar-refractivity contribution in [2.24, 2.45) is 0 Å². The molecule has 0 fully saturated rings. The summed E-state index contributed by atoms with van der Waals surface area (Å²) < 4.78 is 13.4. The number of carbonyl (C=O) groups is 1. The van der Waals surface area contributed by atoms with E-state index in [-0.39, 0.29) is 11.7 Å². The molecule has 1 aromatic heterocycles. The van der Waals surface area contributed by atoms with Gasteiger partial charge in [0, 0.05) is 11.4 Å². The summed E-state index contributed by atoms with van der Waals surface area (Å²) in [6, 6.07) is 6.62. The van der Waals surface area contributed by atoms with Crippen LogP contribution in [-0.4, -0.2) is 17.4 Å². The second-order valence-electron chi connectivity index (χ2n) is 4.61. The summed E-state index contributed by atoms with van der Waals surface area (Å²) in [5, 5.41) is 3.79. The van der Waals surface area contributed by atoms with E-state index in [9.17, 15) is 9.18 Å². The summed E-state index contributed by atoms with van der Waals surface area (Å²) in [6.07, 6.45) is 0.841. The van der Waals surface area contributed by atoms with Crippen LogP contribution in [0.4, 0.5) is 4.39 Å². The Balaban J connectivity index is 1.81. The van der Waals surface area contributed by atoms with Crippen molar-refractivity contribution in [3.63, 3.8) is 0 Å². The van der Waals surface area contributed by atoms with Gasteiger partial charge >= 0.3 is 0 Å². The van der Waals surface area contributed by atoms with Gasteiger partial charge in [0.15, 0.2) is 0 Å². The third kappa shape index (κ3) is 3.87. The summed E-state index contributed by atoms with van der Waals surface area (Å²) in [6.45, 7) is 4.28. The van der Waals surface area contributed by atoms with Crippen LogP contribution in [0.15, 0.2) is 24.3 Å². The molecule has 1 N–H and O–H groups in total. The highest BCUT2D eigenvalue weighted by Crippen LogP contribution is 2.17. The molecule has 1 amide bonds. The highest BCUT2D eigenvalue weighted by atomic mass is 32.1. The molecule has 0 saturated carbocycles. The van der Waals surface area contributed by atoms with Gasteiger partial charge in [0.1, 0.15) is 5.82 Å². The Bertz CT molecular complexity index is 610. The Morgan fingerprint density at radius 2 is 2.10 bits per heavy atom. The Kier molecular flexibility index (Phi) is 4.84. The van der Waals surface area contributed by atoms with Crippen LogP contribution in [0.5, 0.6) is 0 Å². The lowest BCUT2D eigenvalue weighted by Crippen LogP contribution is -2.27. The van der Waals surface area contributed by atoms with Crippen molar-refractivity contribution in [2.75, 3.05) is 6.54 Å². The quantitative estimate of drug-likeness (QED) is 0.920. The fourth-order valence-corrected chi connectivity index (χ4v) is 2.92. The van der Waals surface area contributed by atoms with Crippen LogP contribution in [0, 0.1) is 19.7 Å². The summed E-state index contributed by atoms with van der Waals surface area (Å²) in [7, 11) is 0. The van der Waals surface area contributed by atoms with Crippen LogP contribution in [0.2, 0.25) is 0 Å². The lowest BCUT2D eigenvalue weighted by atomic mass is 10.1. The molecule has 2 aromatic rings. The van der Waals surface area contributed by atoms with E-state index in [0.717, 1.165) is 15.6 Å². The molecule has 1 aromatic carbocycles. The molecule has 0 radical (unpaired) electrons. The van der Waals surface area contributed by atoms with Crippen LogP contribution in [0.25, 0.3) is 0 Å². The van der Waals surface area contributed by atoms with Gasteiger partial charge in [-0.15, -0.1) is 11.3 Å². The van der Waals surface area contributed by atoms with E-state index in [1.165, 1.54) is 6.07 Å². The SMILES string of the molecule is Cc1nc(C)c(CC(=O)NCCc2ccccc2F)s1. The fraction of sp³-hybridized carbons (Fsp3) is 0.333. The molecule has 0 aliphatic heterocycles. The normalized spacial score (nSPS) is 10.6. The fourth-order valence-electron chi connectivity index (χ4n) is 1.98. The van der Waals surface area contributed by atoms with E-state index in [4.69, 9.17) is 0 Å².